The molecule has 1 unspecified atom stereocenters. The maximum absolute atomic E-state index is 14.0. The van der Waals surface area contributed by atoms with Crippen LogP contribution in [0.4, 0.5) is 18.9 Å². The number of methoxy groups -OCH3 is 1. The molecule has 0 aliphatic carbocycles. The molecule has 0 fully saturated rings. The minimum absolute atomic E-state index is 0.225. The van der Waals surface area contributed by atoms with Crippen LogP contribution in [-0.2, 0) is 22.9 Å². The molecule has 0 N–H and O–H groups in total. The van der Waals surface area contributed by atoms with E-state index in [0.717, 1.165) is 6.07 Å². The number of nitrogens with zero attached hydrogens (tertiary/aromatic N) is 2. The van der Waals surface area contributed by atoms with Gasteiger partial charge in [-0.1, -0.05) is 18.2 Å². The molecule has 5 rings (SSSR count). The predicted octanol–water partition coefficient (Wildman–Crippen LogP) is 4.73. The largest absolute Gasteiger partial charge is 0.496 e. The van der Waals surface area contributed by atoms with Gasteiger partial charge in [-0.15, -0.1) is 0 Å². The molecule has 9 heteroatoms. The summed E-state index contributed by atoms with van der Waals surface area (Å²) >= 11 is 0. The summed E-state index contributed by atoms with van der Waals surface area (Å²) in [6, 6.07) is 12.6. The number of halogens is 3. The Balaban J connectivity index is 1.64. The lowest BCUT2D eigenvalue weighted by Crippen LogP contribution is -2.39. The molecule has 176 valence electrons. The van der Waals surface area contributed by atoms with E-state index in [1.807, 2.05) is 0 Å². The van der Waals surface area contributed by atoms with E-state index in [1.165, 1.54) is 24.3 Å². The second kappa shape index (κ2) is 7.93. The van der Waals surface area contributed by atoms with Gasteiger partial charge in [0.1, 0.15) is 24.4 Å². The Labute approximate surface area is 193 Å². The molecular formula is C25H21F3N2O4. The van der Waals surface area contributed by atoms with Crippen molar-refractivity contribution < 1.29 is 32.2 Å². The summed E-state index contributed by atoms with van der Waals surface area (Å²) in [5.74, 6) is 1.03. The van der Waals surface area contributed by atoms with Crippen LogP contribution in [-0.4, -0.2) is 31.2 Å². The fourth-order valence-corrected chi connectivity index (χ4v) is 4.65. The fraction of sp³-hybridized carbons (Fsp3) is 0.280. The zero-order valence-corrected chi connectivity index (χ0v) is 18.5. The molecule has 0 radical (unpaired) electrons. The number of ether oxygens (including phenoxy) is 3. The first-order valence-electron chi connectivity index (χ1n) is 10.7. The van der Waals surface area contributed by atoms with E-state index < -0.39 is 17.2 Å². The predicted molar refractivity (Wildman–Crippen MR) is 117 cm³/mol. The minimum Gasteiger partial charge on any atom is -0.496 e. The Morgan fingerprint density at radius 3 is 2.47 bits per heavy atom. The van der Waals surface area contributed by atoms with Crippen molar-refractivity contribution in [1.82, 2.24) is 4.98 Å². The van der Waals surface area contributed by atoms with Crippen molar-refractivity contribution in [3.05, 3.63) is 77.1 Å². The van der Waals surface area contributed by atoms with Gasteiger partial charge in [0.25, 0.3) is 0 Å². The topological polar surface area (TPSA) is 60.9 Å². The Morgan fingerprint density at radius 2 is 1.76 bits per heavy atom. The van der Waals surface area contributed by atoms with Crippen molar-refractivity contribution >= 4 is 11.6 Å². The van der Waals surface area contributed by atoms with Gasteiger partial charge in [-0.25, -0.2) is 0 Å². The lowest BCUT2D eigenvalue weighted by atomic mass is 9.76. The third kappa shape index (κ3) is 3.34. The fourth-order valence-electron chi connectivity index (χ4n) is 4.65. The molecule has 0 saturated heterocycles. The third-order valence-corrected chi connectivity index (χ3v) is 6.31. The number of alkyl halides is 3. The Morgan fingerprint density at radius 1 is 1.06 bits per heavy atom. The number of anilines is 1. The maximum Gasteiger partial charge on any atom is 0.418 e. The number of fused-ring (bicyclic) bond motifs is 2. The molecule has 34 heavy (non-hydrogen) atoms. The average Bonchev–Trinajstić information content (AvgIpc) is 3.05. The van der Waals surface area contributed by atoms with Crippen LogP contribution in [0.3, 0.4) is 0 Å². The SMILES string of the molecule is COc1cc2c(cc1C1(C)C(=O)N(Cc3ncccc3C(F)(F)F)c3ccccc31)OCCO2. The van der Waals surface area contributed by atoms with Crippen LogP contribution in [0.25, 0.3) is 0 Å². The lowest BCUT2D eigenvalue weighted by molar-refractivity contribution is -0.138. The number of aromatic nitrogens is 1. The zero-order valence-electron chi connectivity index (χ0n) is 18.5. The van der Waals surface area contributed by atoms with Gasteiger partial charge >= 0.3 is 6.18 Å². The Bertz CT molecular complexity index is 1280. The molecule has 3 aromatic rings. The quantitative estimate of drug-likeness (QED) is 0.552. The van der Waals surface area contributed by atoms with E-state index in [9.17, 15) is 18.0 Å². The molecule has 2 aliphatic heterocycles. The first kappa shape index (κ1) is 22.1. The van der Waals surface area contributed by atoms with E-state index in [2.05, 4.69) is 4.98 Å². The van der Waals surface area contributed by atoms with E-state index in [-0.39, 0.29) is 18.1 Å². The van der Waals surface area contributed by atoms with Crippen molar-refractivity contribution in [2.75, 3.05) is 25.2 Å². The van der Waals surface area contributed by atoms with E-state index in [1.54, 1.807) is 43.3 Å². The Kier molecular flexibility index (Phi) is 5.15. The highest BCUT2D eigenvalue weighted by molar-refractivity contribution is 6.10. The van der Waals surface area contributed by atoms with Crippen LogP contribution < -0.4 is 19.1 Å². The van der Waals surface area contributed by atoms with Gasteiger partial charge in [-0.3, -0.25) is 9.78 Å². The monoisotopic (exact) mass is 470 g/mol. The van der Waals surface area contributed by atoms with Gasteiger partial charge < -0.3 is 19.1 Å². The number of amides is 1. The standard InChI is InChI=1S/C25H21F3N2O4/c1-24(17-12-21-22(13-20(17)32-2)34-11-10-33-21)16-6-3-4-8-19(16)30(23(24)31)14-18-15(25(26,27)28)7-5-9-29-18/h3-9,12-13H,10-11,14H2,1-2H3. The maximum atomic E-state index is 14.0. The normalized spacial score (nSPS) is 19.2. The van der Waals surface area contributed by atoms with Gasteiger partial charge in [-0.2, -0.15) is 13.2 Å². The highest BCUT2D eigenvalue weighted by atomic mass is 19.4. The van der Waals surface area contributed by atoms with Crippen LogP contribution in [0.1, 0.15) is 29.3 Å². The summed E-state index contributed by atoms with van der Waals surface area (Å²) in [6.07, 6.45) is -3.30. The van der Waals surface area contributed by atoms with Gasteiger partial charge in [-0.05, 0) is 36.8 Å². The smallest absolute Gasteiger partial charge is 0.418 e. The van der Waals surface area contributed by atoms with Crippen LogP contribution in [0.2, 0.25) is 0 Å². The van der Waals surface area contributed by atoms with E-state index in [4.69, 9.17) is 14.2 Å². The number of hydrogen-bond donors (Lipinski definition) is 0. The summed E-state index contributed by atoms with van der Waals surface area (Å²) in [5, 5.41) is 0. The molecule has 2 aliphatic rings. The first-order chi connectivity index (χ1) is 16.2. The number of benzene rings is 2. The number of rotatable bonds is 4. The van der Waals surface area contributed by atoms with E-state index >= 15 is 0 Å². The highest BCUT2D eigenvalue weighted by Gasteiger charge is 2.51. The number of hydrogen-bond acceptors (Lipinski definition) is 5. The second-order valence-electron chi connectivity index (χ2n) is 8.23. The molecule has 1 amide bonds. The average molecular weight is 470 g/mol. The first-order valence-corrected chi connectivity index (χ1v) is 10.7. The molecule has 3 heterocycles. The van der Waals surface area contributed by atoms with Crippen LogP contribution >= 0.6 is 0 Å². The van der Waals surface area contributed by atoms with Crippen molar-refractivity contribution in [2.24, 2.45) is 0 Å². The highest BCUT2D eigenvalue weighted by Crippen LogP contribution is 2.51. The molecule has 2 aromatic carbocycles. The summed E-state index contributed by atoms with van der Waals surface area (Å²) in [7, 11) is 1.49. The number of pyridine rings is 1. The zero-order chi connectivity index (χ0) is 24.1. The molecule has 0 spiro atoms. The molecule has 1 atom stereocenters. The minimum atomic E-state index is -4.59. The van der Waals surface area contributed by atoms with Crippen LogP contribution in [0.5, 0.6) is 17.2 Å². The van der Waals surface area contributed by atoms with Crippen molar-refractivity contribution in [2.45, 2.75) is 25.1 Å². The van der Waals surface area contributed by atoms with Crippen molar-refractivity contribution in [1.29, 1.82) is 0 Å². The van der Waals surface area contributed by atoms with Gasteiger partial charge in [0, 0.05) is 23.5 Å². The van der Waals surface area contributed by atoms with Crippen molar-refractivity contribution in [3.8, 4) is 17.2 Å². The van der Waals surface area contributed by atoms with E-state index in [0.29, 0.717) is 47.3 Å². The van der Waals surface area contributed by atoms with Gasteiger partial charge in [0.15, 0.2) is 11.5 Å². The number of para-hydroxylation sites is 1. The molecule has 0 saturated carbocycles. The number of carbonyl (C=O) groups excluding carboxylic acids is 1. The third-order valence-electron chi connectivity index (χ3n) is 6.31. The van der Waals surface area contributed by atoms with Gasteiger partial charge in [0.2, 0.25) is 5.91 Å². The summed E-state index contributed by atoms with van der Waals surface area (Å²) in [4.78, 5) is 19.3. The molecular weight excluding hydrogens is 449 g/mol. The summed E-state index contributed by atoms with van der Waals surface area (Å²) in [5.41, 5.74) is -0.617. The van der Waals surface area contributed by atoms with Crippen LogP contribution in [0, 0.1) is 0 Å². The molecule has 1 aromatic heterocycles. The molecule has 0 bridgehead atoms. The van der Waals surface area contributed by atoms with Gasteiger partial charge in [0.05, 0.1) is 24.9 Å². The summed E-state index contributed by atoms with van der Waals surface area (Å²) < 4.78 is 57.8. The second-order valence-corrected chi connectivity index (χ2v) is 8.23. The Hall–Kier alpha value is -3.75. The number of carbonyl (C=O) groups is 1. The summed E-state index contributed by atoms with van der Waals surface area (Å²) in [6.45, 7) is 2.18. The van der Waals surface area contributed by atoms with Crippen LogP contribution in [0.15, 0.2) is 54.7 Å². The molecule has 6 nitrogen and oxygen atoms in total. The lowest BCUT2D eigenvalue weighted by Gasteiger charge is -2.29. The van der Waals surface area contributed by atoms with Crippen molar-refractivity contribution in [3.63, 3.8) is 0 Å².